The number of benzene rings is 1. The van der Waals surface area contributed by atoms with E-state index in [1.807, 2.05) is 39.2 Å². The summed E-state index contributed by atoms with van der Waals surface area (Å²) < 4.78 is 0. The van der Waals surface area contributed by atoms with Crippen LogP contribution in [-0.4, -0.2) is 18.4 Å². The molecule has 0 aromatic heterocycles. The number of rotatable bonds is 3. The zero-order valence-corrected chi connectivity index (χ0v) is 8.32. The maximum Gasteiger partial charge on any atom is 0.336 e. The summed E-state index contributed by atoms with van der Waals surface area (Å²) in [7, 11) is 1.88. The van der Waals surface area contributed by atoms with E-state index in [4.69, 9.17) is 5.11 Å². The van der Waals surface area contributed by atoms with Crippen LogP contribution < -0.4 is 5.46 Å². The van der Waals surface area contributed by atoms with Gasteiger partial charge in [-0.05, 0) is 12.5 Å². The summed E-state index contributed by atoms with van der Waals surface area (Å²) in [6, 6.07) is 5.40. The first-order valence-electron chi connectivity index (χ1n) is 4.48. The van der Waals surface area contributed by atoms with Crippen LogP contribution in [0.15, 0.2) is 24.3 Å². The van der Waals surface area contributed by atoms with Crippen LogP contribution in [0.3, 0.4) is 0 Å². The molecular weight excluding hydrogens is 175 g/mol. The fourth-order valence-corrected chi connectivity index (χ4v) is 1.26. The highest BCUT2D eigenvalue weighted by atomic mass is 16.4. The van der Waals surface area contributed by atoms with Crippen molar-refractivity contribution in [2.75, 3.05) is 0 Å². The molecule has 1 aromatic carbocycles. The highest BCUT2D eigenvalue weighted by Gasteiger charge is 2.07. The minimum absolute atomic E-state index is 0.346. The van der Waals surface area contributed by atoms with Crippen molar-refractivity contribution in [3.63, 3.8) is 0 Å². The molecule has 1 radical (unpaired) electrons. The van der Waals surface area contributed by atoms with E-state index in [9.17, 15) is 4.79 Å². The molecule has 14 heavy (non-hydrogen) atoms. The van der Waals surface area contributed by atoms with Crippen molar-refractivity contribution in [2.24, 2.45) is 0 Å². The third-order valence-corrected chi connectivity index (χ3v) is 1.99. The molecule has 2 nitrogen and oxygen atoms in total. The van der Waals surface area contributed by atoms with Crippen LogP contribution in [0.4, 0.5) is 0 Å². The largest absolute Gasteiger partial charge is 0.478 e. The SMILES string of the molecule is C[B]c1ccc(/C=C/C)c(C(=O)O)c1. The molecule has 0 amide bonds. The van der Waals surface area contributed by atoms with Gasteiger partial charge >= 0.3 is 5.97 Å². The maximum atomic E-state index is 10.9. The molecule has 3 heteroatoms. The van der Waals surface area contributed by atoms with Crippen molar-refractivity contribution in [1.29, 1.82) is 0 Å². The molecule has 71 valence electrons. The molecule has 0 fully saturated rings. The third-order valence-electron chi connectivity index (χ3n) is 1.99. The Morgan fingerprint density at radius 1 is 1.50 bits per heavy atom. The van der Waals surface area contributed by atoms with Crippen molar-refractivity contribution in [3.05, 3.63) is 35.4 Å². The van der Waals surface area contributed by atoms with E-state index in [-0.39, 0.29) is 0 Å². The van der Waals surface area contributed by atoms with Gasteiger partial charge in [-0.15, -0.1) is 0 Å². The zero-order valence-electron chi connectivity index (χ0n) is 8.32. The average molecular weight is 187 g/mol. The summed E-state index contributed by atoms with van der Waals surface area (Å²) in [5.74, 6) is -0.887. The molecule has 0 spiro atoms. The van der Waals surface area contributed by atoms with Crippen LogP contribution in [-0.2, 0) is 0 Å². The van der Waals surface area contributed by atoms with Crippen molar-refractivity contribution in [2.45, 2.75) is 13.7 Å². The van der Waals surface area contributed by atoms with E-state index in [0.717, 1.165) is 11.0 Å². The zero-order chi connectivity index (χ0) is 10.6. The number of hydrogen-bond donors (Lipinski definition) is 1. The molecule has 0 atom stereocenters. The summed E-state index contributed by atoms with van der Waals surface area (Å²) in [5.41, 5.74) is 2.01. The molecule has 0 heterocycles. The van der Waals surface area contributed by atoms with Gasteiger partial charge in [-0.3, -0.25) is 0 Å². The smallest absolute Gasteiger partial charge is 0.336 e. The van der Waals surface area contributed by atoms with Crippen LogP contribution in [0.1, 0.15) is 22.8 Å². The molecule has 0 aliphatic heterocycles. The Morgan fingerprint density at radius 3 is 2.71 bits per heavy atom. The summed E-state index contributed by atoms with van der Waals surface area (Å²) in [6.07, 6.45) is 3.62. The number of aromatic carboxylic acids is 1. The van der Waals surface area contributed by atoms with Crippen molar-refractivity contribution < 1.29 is 9.90 Å². The van der Waals surface area contributed by atoms with E-state index in [2.05, 4.69) is 0 Å². The highest BCUT2D eigenvalue weighted by molar-refractivity contribution is 6.52. The van der Waals surface area contributed by atoms with E-state index in [1.54, 1.807) is 12.1 Å². The molecule has 0 saturated heterocycles. The van der Waals surface area contributed by atoms with Gasteiger partial charge in [0, 0.05) is 0 Å². The summed E-state index contributed by atoms with van der Waals surface area (Å²) in [6.45, 7) is 3.75. The molecular formula is C11H12BO2. The lowest BCUT2D eigenvalue weighted by Crippen LogP contribution is -2.13. The van der Waals surface area contributed by atoms with E-state index in [1.165, 1.54) is 0 Å². The topological polar surface area (TPSA) is 37.3 Å². The molecule has 1 N–H and O–H groups in total. The second kappa shape index (κ2) is 4.65. The van der Waals surface area contributed by atoms with E-state index in [0.29, 0.717) is 5.56 Å². The number of carboxylic acid groups (broad SMARTS) is 1. The highest BCUT2D eigenvalue weighted by Crippen LogP contribution is 2.09. The lowest BCUT2D eigenvalue weighted by Gasteiger charge is -2.03. The van der Waals surface area contributed by atoms with Gasteiger partial charge in [0.15, 0.2) is 0 Å². The Morgan fingerprint density at radius 2 is 2.21 bits per heavy atom. The van der Waals surface area contributed by atoms with E-state index < -0.39 is 5.97 Å². The van der Waals surface area contributed by atoms with Gasteiger partial charge in [0.25, 0.3) is 0 Å². The molecule has 0 unspecified atom stereocenters. The number of allylic oxidation sites excluding steroid dienone is 1. The Labute approximate surface area is 84.5 Å². The third kappa shape index (κ3) is 2.25. The summed E-state index contributed by atoms with van der Waals surface area (Å²) >= 11 is 0. The minimum atomic E-state index is -0.887. The Kier molecular flexibility index (Phi) is 3.51. The second-order valence-electron chi connectivity index (χ2n) is 2.94. The number of carboxylic acids is 1. The predicted molar refractivity (Wildman–Crippen MR) is 59.4 cm³/mol. The fraction of sp³-hybridized carbons (Fsp3) is 0.182. The van der Waals surface area contributed by atoms with Gasteiger partial charge in [0.05, 0.1) is 5.56 Å². The van der Waals surface area contributed by atoms with Gasteiger partial charge in [0.2, 0.25) is 0 Å². The van der Waals surface area contributed by atoms with Gasteiger partial charge in [0.1, 0.15) is 7.28 Å². The fourth-order valence-electron chi connectivity index (χ4n) is 1.26. The normalized spacial score (nSPS) is 10.4. The number of carbonyl (C=O) groups is 1. The first-order valence-corrected chi connectivity index (χ1v) is 4.48. The standard InChI is InChI=1S/C11H12BO2/c1-3-4-8-5-6-9(12-2)7-10(8)11(13)14/h3-7H,1-2H3,(H,13,14)/b4-3+. The van der Waals surface area contributed by atoms with Gasteiger partial charge in [-0.2, -0.15) is 0 Å². The molecule has 1 aromatic rings. The Hall–Kier alpha value is -1.51. The van der Waals surface area contributed by atoms with Crippen LogP contribution in [0.2, 0.25) is 6.82 Å². The van der Waals surface area contributed by atoms with Crippen LogP contribution in [0, 0.1) is 0 Å². The monoisotopic (exact) mass is 187 g/mol. The lowest BCUT2D eigenvalue weighted by molar-refractivity contribution is 0.0697. The first-order chi connectivity index (χ1) is 6.69. The summed E-state index contributed by atoms with van der Waals surface area (Å²) in [5, 5.41) is 8.96. The van der Waals surface area contributed by atoms with Gasteiger partial charge in [-0.1, -0.05) is 42.6 Å². The molecule has 0 aliphatic rings. The van der Waals surface area contributed by atoms with Gasteiger partial charge in [-0.25, -0.2) is 4.79 Å². The van der Waals surface area contributed by atoms with Crippen molar-refractivity contribution >= 4 is 24.8 Å². The van der Waals surface area contributed by atoms with Crippen LogP contribution >= 0.6 is 0 Å². The predicted octanol–water partition coefficient (Wildman–Crippen LogP) is 1.80. The minimum Gasteiger partial charge on any atom is -0.478 e. The van der Waals surface area contributed by atoms with Crippen LogP contribution in [0.25, 0.3) is 6.08 Å². The van der Waals surface area contributed by atoms with Crippen LogP contribution in [0.5, 0.6) is 0 Å². The molecule has 0 bridgehead atoms. The average Bonchev–Trinajstić information content (AvgIpc) is 2.18. The molecule has 0 saturated carbocycles. The van der Waals surface area contributed by atoms with Crippen molar-refractivity contribution in [3.8, 4) is 0 Å². The van der Waals surface area contributed by atoms with E-state index >= 15 is 0 Å². The molecule has 0 aliphatic carbocycles. The van der Waals surface area contributed by atoms with Gasteiger partial charge < -0.3 is 5.11 Å². The second-order valence-corrected chi connectivity index (χ2v) is 2.94. The quantitative estimate of drug-likeness (QED) is 0.732. The first kappa shape index (κ1) is 10.6. The Bertz CT molecular complexity index is 370. The lowest BCUT2D eigenvalue weighted by atomic mass is 9.72. The van der Waals surface area contributed by atoms with Crippen molar-refractivity contribution in [1.82, 2.24) is 0 Å². The maximum absolute atomic E-state index is 10.9. The Balaban J connectivity index is 3.23. The molecule has 1 rings (SSSR count). The number of hydrogen-bond acceptors (Lipinski definition) is 1. The summed E-state index contributed by atoms with van der Waals surface area (Å²) in [4.78, 5) is 10.9.